The topological polar surface area (TPSA) is 58.6 Å². The molecular weight excluding hydrogens is 237 g/mol. The highest BCUT2D eigenvalue weighted by atomic mass is 19.1. The van der Waals surface area contributed by atoms with E-state index in [-0.39, 0.29) is 11.1 Å². The number of ether oxygens (including phenoxy) is 1. The Labute approximate surface area is 106 Å². The number of carboxylic acids is 1. The van der Waals surface area contributed by atoms with Crippen molar-refractivity contribution in [1.29, 1.82) is 0 Å². The Morgan fingerprint density at radius 3 is 2.67 bits per heavy atom. The highest BCUT2D eigenvalue weighted by molar-refractivity contribution is 5.87. The maximum Gasteiger partial charge on any atom is 0.338 e. The molecule has 0 aromatic heterocycles. The summed E-state index contributed by atoms with van der Waals surface area (Å²) in [5.74, 6) is -1.97. The largest absolute Gasteiger partial charge is 0.478 e. The maximum atomic E-state index is 13.4. The molecule has 0 aliphatic heterocycles. The second-order valence-corrected chi connectivity index (χ2v) is 4.79. The van der Waals surface area contributed by atoms with E-state index in [1.807, 2.05) is 13.8 Å². The zero-order valence-electron chi connectivity index (χ0n) is 10.8. The first-order valence-corrected chi connectivity index (χ1v) is 5.61. The predicted octanol–water partition coefficient (Wildman–Crippen LogP) is 2.04. The first kappa shape index (κ1) is 14.6. The van der Waals surface area contributed by atoms with Crippen LogP contribution in [0.2, 0.25) is 0 Å². The number of benzene rings is 1. The monoisotopic (exact) mass is 255 g/mol. The lowest BCUT2D eigenvalue weighted by atomic mass is 10.1. The van der Waals surface area contributed by atoms with Crippen molar-refractivity contribution in [2.24, 2.45) is 0 Å². The maximum absolute atomic E-state index is 13.4. The Balaban J connectivity index is 2.70. The SMILES string of the molecule is COCC(C)(C)NCc1ccc(C(=O)O)c(F)c1. The number of methoxy groups -OCH3 is 1. The number of aromatic carboxylic acids is 1. The van der Waals surface area contributed by atoms with Gasteiger partial charge in [-0.1, -0.05) is 6.07 Å². The molecule has 1 rings (SSSR count). The van der Waals surface area contributed by atoms with Crippen molar-refractivity contribution in [2.45, 2.75) is 25.9 Å². The zero-order valence-corrected chi connectivity index (χ0v) is 10.8. The number of rotatable bonds is 6. The lowest BCUT2D eigenvalue weighted by Gasteiger charge is -2.25. The van der Waals surface area contributed by atoms with Crippen LogP contribution in [0.15, 0.2) is 18.2 Å². The smallest absolute Gasteiger partial charge is 0.338 e. The fourth-order valence-electron chi connectivity index (χ4n) is 1.60. The molecular formula is C13H18FNO3. The van der Waals surface area contributed by atoms with Gasteiger partial charge in [-0.15, -0.1) is 0 Å². The van der Waals surface area contributed by atoms with Crippen LogP contribution in [0.4, 0.5) is 4.39 Å². The van der Waals surface area contributed by atoms with Gasteiger partial charge in [-0.05, 0) is 31.5 Å². The fraction of sp³-hybridized carbons (Fsp3) is 0.462. The molecule has 0 fully saturated rings. The van der Waals surface area contributed by atoms with E-state index in [1.165, 1.54) is 12.1 Å². The number of nitrogens with one attached hydrogen (secondary N) is 1. The lowest BCUT2D eigenvalue weighted by molar-refractivity contribution is 0.0692. The summed E-state index contributed by atoms with van der Waals surface area (Å²) in [4.78, 5) is 10.7. The van der Waals surface area contributed by atoms with Gasteiger partial charge >= 0.3 is 5.97 Å². The van der Waals surface area contributed by atoms with Crippen LogP contribution in [-0.2, 0) is 11.3 Å². The lowest BCUT2D eigenvalue weighted by Crippen LogP contribution is -2.42. The van der Waals surface area contributed by atoms with Crippen molar-refractivity contribution in [3.05, 3.63) is 35.1 Å². The van der Waals surface area contributed by atoms with E-state index in [0.29, 0.717) is 18.7 Å². The molecule has 0 atom stereocenters. The minimum Gasteiger partial charge on any atom is -0.478 e. The van der Waals surface area contributed by atoms with Gasteiger partial charge in [0.25, 0.3) is 0 Å². The molecule has 18 heavy (non-hydrogen) atoms. The Bertz CT molecular complexity index is 432. The van der Waals surface area contributed by atoms with Crippen LogP contribution in [0, 0.1) is 5.82 Å². The summed E-state index contributed by atoms with van der Waals surface area (Å²) >= 11 is 0. The number of hydrogen-bond acceptors (Lipinski definition) is 3. The minimum atomic E-state index is -1.26. The van der Waals surface area contributed by atoms with Crippen LogP contribution in [0.1, 0.15) is 29.8 Å². The summed E-state index contributed by atoms with van der Waals surface area (Å²) in [6.45, 7) is 4.92. The Hall–Kier alpha value is -1.46. The van der Waals surface area contributed by atoms with Gasteiger partial charge < -0.3 is 15.2 Å². The third-order valence-electron chi connectivity index (χ3n) is 2.54. The minimum absolute atomic E-state index is 0.226. The highest BCUT2D eigenvalue weighted by Gasteiger charge is 2.17. The van der Waals surface area contributed by atoms with Crippen molar-refractivity contribution in [1.82, 2.24) is 5.32 Å². The first-order valence-electron chi connectivity index (χ1n) is 5.61. The number of carbonyl (C=O) groups is 1. The van der Waals surface area contributed by atoms with Crippen LogP contribution in [0.3, 0.4) is 0 Å². The summed E-state index contributed by atoms with van der Waals surface area (Å²) in [5, 5.41) is 11.9. The van der Waals surface area contributed by atoms with Crippen molar-refractivity contribution < 1.29 is 19.0 Å². The summed E-state index contributed by atoms with van der Waals surface area (Å²) < 4.78 is 18.5. The molecule has 0 saturated carbocycles. The second kappa shape index (κ2) is 5.93. The van der Waals surface area contributed by atoms with E-state index < -0.39 is 11.8 Å². The average Bonchev–Trinajstić information content (AvgIpc) is 2.26. The third-order valence-corrected chi connectivity index (χ3v) is 2.54. The van der Waals surface area contributed by atoms with E-state index in [9.17, 15) is 9.18 Å². The zero-order chi connectivity index (χ0) is 13.8. The highest BCUT2D eigenvalue weighted by Crippen LogP contribution is 2.12. The van der Waals surface area contributed by atoms with Gasteiger partial charge in [-0.25, -0.2) is 9.18 Å². The second-order valence-electron chi connectivity index (χ2n) is 4.79. The summed E-state index contributed by atoms with van der Waals surface area (Å²) in [7, 11) is 1.62. The number of hydrogen-bond donors (Lipinski definition) is 2. The van der Waals surface area contributed by atoms with Gasteiger partial charge in [0.1, 0.15) is 5.82 Å². The molecule has 1 aromatic rings. The Kier molecular flexibility index (Phi) is 4.81. The van der Waals surface area contributed by atoms with Crippen LogP contribution < -0.4 is 5.32 Å². The van der Waals surface area contributed by atoms with Gasteiger partial charge in [0.2, 0.25) is 0 Å². The molecule has 0 spiro atoms. The summed E-state index contributed by atoms with van der Waals surface area (Å²) in [5.41, 5.74) is 0.160. The van der Waals surface area contributed by atoms with Crippen molar-refractivity contribution in [2.75, 3.05) is 13.7 Å². The molecule has 100 valence electrons. The molecule has 0 aliphatic carbocycles. The number of halogens is 1. The summed E-state index contributed by atoms with van der Waals surface area (Å²) in [6, 6.07) is 4.11. The van der Waals surface area contributed by atoms with Crippen LogP contribution in [0.5, 0.6) is 0 Å². The fourth-order valence-corrected chi connectivity index (χ4v) is 1.60. The molecule has 0 amide bonds. The van der Waals surface area contributed by atoms with Crippen LogP contribution >= 0.6 is 0 Å². The average molecular weight is 255 g/mol. The van der Waals surface area contributed by atoms with Gasteiger partial charge in [-0.3, -0.25) is 0 Å². The van der Waals surface area contributed by atoms with Gasteiger partial charge in [0, 0.05) is 19.2 Å². The van der Waals surface area contributed by atoms with E-state index in [1.54, 1.807) is 13.2 Å². The number of carboxylic acid groups (broad SMARTS) is 1. The Morgan fingerprint density at radius 1 is 1.50 bits per heavy atom. The molecule has 0 aliphatic rings. The van der Waals surface area contributed by atoms with E-state index in [4.69, 9.17) is 9.84 Å². The molecule has 1 aromatic carbocycles. The van der Waals surface area contributed by atoms with Crippen LogP contribution in [-0.4, -0.2) is 30.3 Å². The standard InChI is InChI=1S/C13H18FNO3/c1-13(2,8-18-3)15-7-9-4-5-10(12(16)17)11(14)6-9/h4-6,15H,7-8H2,1-3H3,(H,16,17). The van der Waals surface area contributed by atoms with E-state index >= 15 is 0 Å². The molecule has 0 bridgehead atoms. The third kappa shape index (κ3) is 4.09. The summed E-state index contributed by atoms with van der Waals surface area (Å²) in [6.07, 6.45) is 0. The molecule has 0 heterocycles. The van der Waals surface area contributed by atoms with E-state index in [2.05, 4.69) is 5.32 Å². The van der Waals surface area contributed by atoms with Crippen LogP contribution in [0.25, 0.3) is 0 Å². The van der Waals surface area contributed by atoms with Crippen molar-refractivity contribution in [3.63, 3.8) is 0 Å². The molecule has 2 N–H and O–H groups in total. The molecule has 0 unspecified atom stereocenters. The quantitative estimate of drug-likeness (QED) is 0.816. The predicted molar refractivity (Wildman–Crippen MR) is 66.2 cm³/mol. The normalized spacial score (nSPS) is 11.6. The van der Waals surface area contributed by atoms with E-state index in [0.717, 1.165) is 0 Å². The first-order chi connectivity index (χ1) is 8.35. The molecule has 4 nitrogen and oxygen atoms in total. The molecule has 5 heteroatoms. The molecule has 0 saturated heterocycles. The van der Waals surface area contributed by atoms with Gasteiger partial charge in [0.05, 0.1) is 12.2 Å². The van der Waals surface area contributed by atoms with Crippen molar-refractivity contribution >= 4 is 5.97 Å². The molecule has 0 radical (unpaired) electrons. The van der Waals surface area contributed by atoms with Gasteiger partial charge in [0.15, 0.2) is 0 Å². The van der Waals surface area contributed by atoms with Crippen molar-refractivity contribution in [3.8, 4) is 0 Å². The van der Waals surface area contributed by atoms with Gasteiger partial charge in [-0.2, -0.15) is 0 Å². The Morgan fingerprint density at radius 2 is 2.17 bits per heavy atom.